The predicted octanol–water partition coefficient (Wildman–Crippen LogP) is 1.81. The van der Waals surface area contributed by atoms with Crippen LogP contribution in [0, 0.1) is 22.0 Å². The average Bonchev–Trinajstić information content (AvgIpc) is 2.98. The maximum Gasteiger partial charge on any atom is 0.274 e. The molecule has 2 heterocycles. The van der Waals surface area contributed by atoms with E-state index in [0.29, 0.717) is 11.8 Å². The van der Waals surface area contributed by atoms with Crippen LogP contribution < -0.4 is 5.32 Å². The van der Waals surface area contributed by atoms with Gasteiger partial charge in [0.1, 0.15) is 0 Å². The van der Waals surface area contributed by atoms with E-state index >= 15 is 0 Å². The van der Waals surface area contributed by atoms with Crippen molar-refractivity contribution in [1.82, 2.24) is 10.2 Å². The van der Waals surface area contributed by atoms with Crippen LogP contribution in [-0.4, -0.2) is 36.0 Å². The Morgan fingerprint density at radius 3 is 2.58 bits per heavy atom. The quantitative estimate of drug-likeness (QED) is 0.666. The fourth-order valence-electron chi connectivity index (χ4n) is 3.41. The van der Waals surface area contributed by atoms with Gasteiger partial charge in [-0.2, -0.15) is 0 Å². The number of hydrogen-bond donors (Lipinski definition) is 1. The van der Waals surface area contributed by atoms with Crippen LogP contribution >= 0.6 is 0 Å². The Bertz CT molecular complexity index is 479. The van der Waals surface area contributed by atoms with E-state index in [1.54, 1.807) is 12.1 Å². The van der Waals surface area contributed by atoms with Crippen LogP contribution in [0.2, 0.25) is 0 Å². The van der Waals surface area contributed by atoms with E-state index in [1.165, 1.54) is 0 Å². The molecule has 3 rings (SSSR count). The van der Waals surface area contributed by atoms with Crippen molar-refractivity contribution in [3.63, 3.8) is 0 Å². The lowest BCUT2D eigenvalue weighted by Crippen LogP contribution is -2.28. The Labute approximate surface area is 112 Å². The zero-order valence-corrected chi connectivity index (χ0v) is 11.1. The molecule has 0 spiro atoms. The molecule has 0 amide bonds. The summed E-state index contributed by atoms with van der Waals surface area (Å²) in [6, 6.07) is 7.22. The van der Waals surface area contributed by atoms with E-state index in [-0.39, 0.29) is 16.7 Å². The highest BCUT2D eigenvalue weighted by Gasteiger charge is 2.38. The fraction of sp³-hybridized carbons (Fsp3) is 0.571. The number of nitrogens with one attached hydrogen (secondary N) is 1. The number of para-hydroxylation sites is 1. The summed E-state index contributed by atoms with van der Waals surface area (Å²) in [5, 5.41) is 14.5. The first-order chi connectivity index (χ1) is 9.16. The molecule has 2 aliphatic heterocycles. The van der Waals surface area contributed by atoms with E-state index in [9.17, 15) is 10.1 Å². The molecule has 3 unspecified atom stereocenters. The second-order valence-electron chi connectivity index (χ2n) is 5.62. The molecule has 1 N–H and O–H groups in total. The maximum absolute atomic E-state index is 11.1. The van der Waals surface area contributed by atoms with Crippen molar-refractivity contribution in [3.05, 3.63) is 39.9 Å². The van der Waals surface area contributed by atoms with E-state index in [1.807, 2.05) is 12.1 Å². The molecular formula is C14H19N3O2. The number of nitrogens with zero attached hydrogens (tertiary/aromatic N) is 2. The van der Waals surface area contributed by atoms with Gasteiger partial charge < -0.3 is 5.32 Å². The van der Waals surface area contributed by atoms with Gasteiger partial charge in [-0.3, -0.25) is 15.0 Å². The molecule has 5 nitrogen and oxygen atoms in total. The molecule has 0 radical (unpaired) electrons. The second kappa shape index (κ2) is 4.90. The Hall–Kier alpha value is -1.46. The molecule has 1 aromatic rings. The summed E-state index contributed by atoms with van der Waals surface area (Å²) in [5.74, 6) is 1.43. The minimum Gasteiger partial charge on any atom is -0.316 e. The van der Waals surface area contributed by atoms with Gasteiger partial charge >= 0.3 is 0 Å². The number of fused-ring (bicyclic) bond motifs is 1. The number of nitro benzene ring substituents is 1. The summed E-state index contributed by atoms with van der Waals surface area (Å²) in [6.45, 7) is 6.35. The smallest absolute Gasteiger partial charge is 0.274 e. The highest BCUT2D eigenvalue weighted by Crippen LogP contribution is 2.35. The summed E-state index contributed by atoms with van der Waals surface area (Å²) in [5.41, 5.74) is 1.07. The Kier molecular flexibility index (Phi) is 3.24. The van der Waals surface area contributed by atoms with Crippen LogP contribution in [0.4, 0.5) is 5.69 Å². The lowest BCUT2D eigenvalue weighted by atomic mass is 10.0. The monoisotopic (exact) mass is 261 g/mol. The van der Waals surface area contributed by atoms with Crippen molar-refractivity contribution < 1.29 is 4.92 Å². The largest absolute Gasteiger partial charge is 0.316 e. The van der Waals surface area contributed by atoms with Gasteiger partial charge in [0, 0.05) is 30.8 Å². The van der Waals surface area contributed by atoms with Crippen molar-refractivity contribution in [2.24, 2.45) is 11.8 Å². The molecule has 0 aromatic heterocycles. The molecule has 19 heavy (non-hydrogen) atoms. The molecule has 102 valence electrons. The number of nitro groups is 1. The third-order valence-electron chi connectivity index (χ3n) is 4.55. The van der Waals surface area contributed by atoms with Crippen LogP contribution in [0.25, 0.3) is 0 Å². The first kappa shape index (κ1) is 12.6. The van der Waals surface area contributed by atoms with Crippen LogP contribution in [-0.2, 0) is 0 Å². The molecule has 0 saturated carbocycles. The van der Waals surface area contributed by atoms with E-state index < -0.39 is 0 Å². The molecule has 0 aliphatic carbocycles. The van der Waals surface area contributed by atoms with E-state index in [2.05, 4.69) is 17.1 Å². The topological polar surface area (TPSA) is 58.4 Å². The van der Waals surface area contributed by atoms with E-state index in [4.69, 9.17) is 0 Å². The average molecular weight is 261 g/mol. The first-order valence-electron chi connectivity index (χ1n) is 6.85. The minimum absolute atomic E-state index is 0.118. The summed E-state index contributed by atoms with van der Waals surface area (Å²) < 4.78 is 0. The Morgan fingerprint density at radius 2 is 1.95 bits per heavy atom. The third-order valence-corrected chi connectivity index (χ3v) is 4.55. The van der Waals surface area contributed by atoms with Crippen LogP contribution in [0.15, 0.2) is 24.3 Å². The molecule has 2 saturated heterocycles. The van der Waals surface area contributed by atoms with Gasteiger partial charge in [0.15, 0.2) is 0 Å². The molecule has 1 aromatic carbocycles. The highest BCUT2D eigenvalue weighted by molar-refractivity contribution is 5.41. The van der Waals surface area contributed by atoms with Gasteiger partial charge in [0.05, 0.1) is 4.92 Å². The number of rotatable bonds is 3. The van der Waals surface area contributed by atoms with Crippen molar-refractivity contribution in [2.45, 2.75) is 13.0 Å². The van der Waals surface area contributed by atoms with E-state index in [0.717, 1.165) is 31.7 Å². The Balaban J connectivity index is 1.81. The van der Waals surface area contributed by atoms with Gasteiger partial charge in [-0.15, -0.1) is 0 Å². The van der Waals surface area contributed by atoms with Crippen molar-refractivity contribution in [3.8, 4) is 0 Å². The second-order valence-corrected chi connectivity index (χ2v) is 5.62. The zero-order valence-electron chi connectivity index (χ0n) is 11.1. The standard InChI is InChI=1S/C14H19N3O2/c1-10(13-4-2-3-5-14(13)17(18)19)16-8-11-6-15-7-12(11)9-16/h2-5,10-12,15H,6-9H2,1H3. The molecule has 2 fully saturated rings. The number of hydrogen-bond acceptors (Lipinski definition) is 4. The number of likely N-dealkylation sites (tertiary alicyclic amines) is 1. The molecule has 5 heteroatoms. The summed E-state index contributed by atoms with van der Waals surface area (Å²) in [4.78, 5) is 13.2. The normalized spacial score (nSPS) is 28.3. The van der Waals surface area contributed by atoms with Gasteiger partial charge in [-0.1, -0.05) is 18.2 Å². The molecule has 2 aliphatic rings. The van der Waals surface area contributed by atoms with Gasteiger partial charge in [0.25, 0.3) is 5.69 Å². The van der Waals surface area contributed by atoms with Gasteiger partial charge in [0.2, 0.25) is 0 Å². The highest BCUT2D eigenvalue weighted by atomic mass is 16.6. The molecule has 0 bridgehead atoms. The first-order valence-corrected chi connectivity index (χ1v) is 6.85. The fourth-order valence-corrected chi connectivity index (χ4v) is 3.41. The molecule has 3 atom stereocenters. The SMILES string of the molecule is CC(c1ccccc1[N+](=O)[O-])N1CC2CNCC2C1. The van der Waals surface area contributed by atoms with Crippen LogP contribution in [0.5, 0.6) is 0 Å². The van der Waals surface area contributed by atoms with Crippen molar-refractivity contribution in [1.29, 1.82) is 0 Å². The maximum atomic E-state index is 11.1. The number of benzene rings is 1. The zero-order chi connectivity index (χ0) is 13.4. The van der Waals surface area contributed by atoms with Gasteiger partial charge in [-0.05, 0) is 31.8 Å². The summed E-state index contributed by atoms with van der Waals surface area (Å²) >= 11 is 0. The lowest BCUT2D eigenvalue weighted by Gasteiger charge is -2.25. The van der Waals surface area contributed by atoms with Crippen molar-refractivity contribution in [2.75, 3.05) is 26.2 Å². The van der Waals surface area contributed by atoms with Crippen molar-refractivity contribution >= 4 is 5.69 Å². The summed E-state index contributed by atoms with van der Waals surface area (Å²) in [6.07, 6.45) is 0. The summed E-state index contributed by atoms with van der Waals surface area (Å²) in [7, 11) is 0. The van der Waals surface area contributed by atoms with Crippen LogP contribution in [0.3, 0.4) is 0 Å². The minimum atomic E-state index is -0.274. The third kappa shape index (κ3) is 2.24. The Morgan fingerprint density at radius 1 is 1.32 bits per heavy atom. The predicted molar refractivity (Wildman–Crippen MR) is 72.9 cm³/mol. The van der Waals surface area contributed by atoms with Crippen LogP contribution in [0.1, 0.15) is 18.5 Å². The van der Waals surface area contributed by atoms with Gasteiger partial charge in [-0.25, -0.2) is 0 Å². The molecular weight excluding hydrogens is 242 g/mol. The lowest BCUT2D eigenvalue weighted by molar-refractivity contribution is -0.386.